The Labute approximate surface area is 187 Å². The zero-order chi connectivity index (χ0) is 19.6. The Morgan fingerprint density at radius 3 is 2.28 bits per heavy atom. The van der Waals surface area contributed by atoms with Crippen LogP contribution in [0, 0.1) is 0 Å². The van der Waals surface area contributed by atoms with Gasteiger partial charge in [0.1, 0.15) is 6.54 Å². The number of hydrogen-bond acceptors (Lipinski definition) is 3. The van der Waals surface area contributed by atoms with Gasteiger partial charge in [-0.2, -0.15) is 0 Å². The fourth-order valence-corrected chi connectivity index (χ4v) is 5.12. The lowest BCUT2D eigenvalue weighted by Crippen LogP contribution is -3.00. The molecule has 0 amide bonds. The summed E-state index contributed by atoms with van der Waals surface area (Å²) in [6.45, 7) is 3.52. The molecule has 0 unspecified atom stereocenters. The van der Waals surface area contributed by atoms with Crippen LogP contribution in [0.15, 0.2) is 54.1 Å². The lowest BCUT2D eigenvalue weighted by Gasteiger charge is -2.38. The normalized spacial score (nSPS) is 18.9. The number of ether oxygens (including phenoxy) is 2. The maximum absolute atomic E-state index is 5.44. The number of benzene rings is 2. The van der Waals surface area contributed by atoms with E-state index in [0.717, 1.165) is 22.5 Å². The van der Waals surface area contributed by atoms with E-state index in [1.165, 1.54) is 46.5 Å². The van der Waals surface area contributed by atoms with Crippen LogP contribution >= 0.6 is 11.3 Å². The molecule has 1 aliphatic heterocycles. The molecule has 29 heavy (non-hydrogen) atoms. The lowest BCUT2D eigenvalue weighted by molar-refractivity contribution is -0.925. The third kappa shape index (κ3) is 5.03. The van der Waals surface area contributed by atoms with Gasteiger partial charge in [0.25, 0.3) is 0 Å². The van der Waals surface area contributed by atoms with Gasteiger partial charge in [0.15, 0.2) is 11.5 Å². The second-order valence-electron chi connectivity index (χ2n) is 7.91. The van der Waals surface area contributed by atoms with E-state index >= 15 is 0 Å². The monoisotopic (exact) mass is 473 g/mol. The van der Waals surface area contributed by atoms with E-state index in [1.807, 2.05) is 11.3 Å². The van der Waals surface area contributed by atoms with E-state index in [9.17, 15) is 0 Å². The summed E-state index contributed by atoms with van der Waals surface area (Å²) in [6, 6.07) is 17.3. The maximum atomic E-state index is 5.44. The van der Waals surface area contributed by atoms with E-state index in [1.54, 1.807) is 19.8 Å². The third-order valence-corrected chi connectivity index (χ3v) is 6.79. The van der Waals surface area contributed by atoms with E-state index in [2.05, 4.69) is 61.7 Å². The van der Waals surface area contributed by atoms with Gasteiger partial charge in [0.2, 0.25) is 0 Å². The molecule has 2 heterocycles. The van der Waals surface area contributed by atoms with Crippen molar-refractivity contribution in [2.75, 3.05) is 34.4 Å². The van der Waals surface area contributed by atoms with E-state index in [0.29, 0.717) is 0 Å². The van der Waals surface area contributed by atoms with Gasteiger partial charge in [0, 0.05) is 34.0 Å². The molecule has 3 nitrogen and oxygen atoms in total. The van der Waals surface area contributed by atoms with Crippen LogP contribution in [0.4, 0.5) is 0 Å². The maximum Gasteiger partial charge on any atom is 0.162 e. The standard InChI is InChI=1S/C24H28NO2S.BrH/c1-25(17-19-7-5-4-6-8-19)11-9-18(10-12-25)13-21-14-20-15-22(26-2)23(27-3)16-24(20)28-21;/h4-8,13-16H,9-12,17H2,1-3H3;1H/q+1;/p-1. The highest BCUT2D eigenvalue weighted by Crippen LogP contribution is 2.37. The van der Waals surface area contributed by atoms with Crippen LogP contribution in [0.3, 0.4) is 0 Å². The molecule has 1 aliphatic rings. The Balaban J connectivity index is 0.00000240. The van der Waals surface area contributed by atoms with Crippen LogP contribution in [0.2, 0.25) is 0 Å². The van der Waals surface area contributed by atoms with E-state index in [4.69, 9.17) is 9.47 Å². The molecule has 1 saturated heterocycles. The molecule has 5 heteroatoms. The van der Waals surface area contributed by atoms with Crippen molar-refractivity contribution in [1.29, 1.82) is 0 Å². The molecular weight excluding hydrogens is 446 g/mol. The Hall–Kier alpha value is -1.82. The highest BCUT2D eigenvalue weighted by atomic mass is 79.9. The van der Waals surface area contributed by atoms with Crippen LogP contribution in [0.25, 0.3) is 16.2 Å². The van der Waals surface area contributed by atoms with Crippen molar-refractivity contribution in [1.82, 2.24) is 0 Å². The first-order valence-electron chi connectivity index (χ1n) is 9.81. The molecule has 0 N–H and O–H groups in total. The lowest BCUT2D eigenvalue weighted by atomic mass is 10.00. The molecule has 4 rings (SSSR count). The second kappa shape index (κ2) is 9.33. The van der Waals surface area contributed by atoms with Crippen LogP contribution in [0.5, 0.6) is 11.5 Å². The smallest absolute Gasteiger partial charge is 0.162 e. The van der Waals surface area contributed by atoms with Crippen molar-refractivity contribution in [3.63, 3.8) is 0 Å². The van der Waals surface area contributed by atoms with Crippen LogP contribution < -0.4 is 26.5 Å². The van der Waals surface area contributed by atoms with Crippen molar-refractivity contribution in [3.05, 3.63) is 64.5 Å². The molecule has 2 aromatic carbocycles. The summed E-state index contributed by atoms with van der Waals surface area (Å²) >= 11 is 1.83. The van der Waals surface area contributed by atoms with Crippen LogP contribution in [0.1, 0.15) is 23.3 Å². The number of nitrogens with zero attached hydrogens (tertiary/aromatic N) is 1. The van der Waals surface area contributed by atoms with Gasteiger partial charge in [-0.05, 0) is 23.6 Å². The Morgan fingerprint density at radius 1 is 0.966 bits per heavy atom. The number of rotatable bonds is 5. The minimum atomic E-state index is 0. The summed E-state index contributed by atoms with van der Waals surface area (Å²) in [6.07, 6.45) is 4.74. The van der Waals surface area contributed by atoms with Gasteiger partial charge in [-0.15, -0.1) is 11.3 Å². The first-order chi connectivity index (χ1) is 13.6. The first kappa shape index (κ1) is 21.9. The Bertz CT molecular complexity index is 946. The molecule has 0 spiro atoms. The Kier molecular flexibility index (Phi) is 7.04. The highest BCUT2D eigenvalue weighted by Gasteiger charge is 2.27. The van der Waals surface area contributed by atoms with Crippen molar-refractivity contribution in [3.8, 4) is 11.5 Å². The summed E-state index contributed by atoms with van der Waals surface area (Å²) in [7, 11) is 5.76. The van der Waals surface area contributed by atoms with Crippen molar-refractivity contribution < 1.29 is 30.9 Å². The van der Waals surface area contributed by atoms with Gasteiger partial charge in [0.05, 0.1) is 34.4 Å². The van der Waals surface area contributed by atoms with Crippen molar-refractivity contribution in [2.45, 2.75) is 19.4 Å². The molecule has 0 radical (unpaired) electrons. The SMILES string of the molecule is COc1cc2cc(C=C3CC[N+](C)(Cc4ccccc4)CC3)sc2cc1OC.[Br-]. The molecular formula is C24H28BrNO2S. The fourth-order valence-electron chi connectivity index (χ4n) is 4.05. The molecule has 0 saturated carbocycles. The molecule has 3 aromatic rings. The zero-order valence-corrected chi connectivity index (χ0v) is 19.7. The number of methoxy groups -OCH3 is 2. The van der Waals surface area contributed by atoms with Crippen molar-refractivity contribution >= 4 is 27.5 Å². The zero-order valence-electron chi connectivity index (χ0n) is 17.3. The van der Waals surface area contributed by atoms with Crippen molar-refractivity contribution in [2.24, 2.45) is 0 Å². The first-order valence-corrected chi connectivity index (χ1v) is 10.6. The average molecular weight is 474 g/mol. The molecule has 1 fully saturated rings. The average Bonchev–Trinajstić information content (AvgIpc) is 3.10. The minimum Gasteiger partial charge on any atom is -1.00 e. The number of fused-ring (bicyclic) bond motifs is 1. The molecule has 154 valence electrons. The van der Waals surface area contributed by atoms with E-state index < -0.39 is 0 Å². The minimum absolute atomic E-state index is 0. The fraction of sp³-hybridized carbons (Fsp3) is 0.333. The number of piperidine rings is 1. The largest absolute Gasteiger partial charge is 1.00 e. The quantitative estimate of drug-likeness (QED) is 0.530. The highest BCUT2D eigenvalue weighted by molar-refractivity contribution is 7.19. The van der Waals surface area contributed by atoms with Gasteiger partial charge in [-0.25, -0.2) is 0 Å². The van der Waals surface area contributed by atoms with Gasteiger partial charge in [-0.3, -0.25) is 0 Å². The summed E-state index contributed by atoms with van der Waals surface area (Å²) in [5.74, 6) is 1.58. The summed E-state index contributed by atoms with van der Waals surface area (Å²) in [5.41, 5.74) is 3.00. The number of likely N-dealkylation sites (tertiary alicyclic amines) is 1. The summed E-state index contributed by atoms with van der Waals surface area (Å²) < 4.78 is 13.2. The van der Waals surface area contributed by atoms with E-state index in [-0.39, 0.29) is 17.0 Å². The van der Waals surface area contributed by atoms with Crippen LogP contribution in [-0.4, -0.2) is 38.8 Å². The second-order valence-corrected chi connectivity index (χ2v) is 9.02. The number of quaternary nitrogens is 1. The number of halogens is 1. The third-order valence-electron chi connectivity index (χ3n) is 5.74. The summed E-state index contributed by atoms with van der Waals surface area (Å²) in [5, 5.41) is 1.22. The predicted molar refractivity (Wildman–Crippen MR) is 118 cm³/mol. The summed E-state index contributed by atoms with van der Waals surface area (Å²) in [4.78, 5) is 1.32. The van der Waals surface area contributed by atoms with Gasteiger partial charge >= 0.3 is 0 Å². The number of thiophene rings is 1. The van der Waals surface area contributed by atoms with Gasteiger partial charge in [-0.1, -0.05) is 35.9 Å². The van der Waals surface area contributed by atoms with Gasteiger partial charge < -0.3 is 30.9 Å². The topological polar surface area (TPSA) is 18.5 Å². The molecule has 0 atom stereocenters. The number of hydrogen-bond donors (Lipinski definition) is 0. The van der Waals surface area contributed by atoms with Crippen LogP contribution in [-0.2, 0) is 6.54 Å². The molecule has 0 bridgehead atoms. The molecule has 0 aliphatic carbocycles. The Morgan fingerprint density at radius 2 is 1.62 bits per heavy atom. The predicted octanol–water partition coefficient (Wildman–Crippen LogP) is 2.75. The molecule has 1 aromatic heterocycles.